The predicted octanol–water partition coefficient (Wildman–Crippen LogP) is 3.01. The molecule has 3 aromatic rings. The number of ether oxygens (including phenoxy) is 2. The van der Waals surface area contributed by atoms with E-state index in [-0.39, 0.29) is 34.9 Å². The van der Waals surface area contributed by atoms with Crippen molar-refractivity contribution in [3.63, 3.8) is 0 Å². The summed E-state index contributed by atoms with van der Waals surface area (Å²) in [6, 6.07) is 6.91. The van der Waals surface area contributed by atoms with Gasteiger partial charge in [-0.15, -0.1) is 0 Å². The number of pyridine rings is 2. The van der Waals surface area contributed by atoms with E-state index in [0.717, 1.165) is 21.7 Å². The Morgan fingerprint density at radius 1 is 1.24 bits per heavy atom. The van der Waals surface area contributed by atoms with E-state index in [9.17, 15) is 19.5 Å². The number of phenolic OH excluding ortho intramolecular Hbond substituents is 1. The first-order valence-electron chi connectivity index (χ1n) is 12.8. The number of aromatic nitrogens is 2. The van der Waals surface area contributed by atoms with E-state index in [1.807, 2.05) is 0 Å². The number of fused-ring (bicyclic) bond motifs is 5. The van der Waals surface area contributed by atoms with Crippen molar-refractivity contribution in [1.82, 2.24) is 9.55 Å². The molecule has 38 heavy (non-hydrogen) atoms. The molecule has 0 fully saturated rings. The van der Waals surface area contributed by atoms with Crippen molar-refractivity contribution in [2.45, 2.75) is 71.0 Å². The minimum absolute atomic E-state index is 0.0342. The summed E-state index contributed by atoms with van der Waals surface area (Å²) in [5.41, 5.74) is 6.92. The van der Waals surface area contributed by atoms with Gasteiger partial charge in [0.1, 0.15) is 12.4 Å². The largest absolute Gasteiger partial charge is 0.508 e. The number of carbonyl (C=O) groups excluding carboxylic acids is 2. The van der Waals surface area contributed by atoms with Crippen LogP contribution in [-0.4, -0.2) is 41.2 Å². The van der Waals surface area contributed by atoms with Gasteiger partial charge in [-0.05, 0) is 46.5 Å². The van der Waals surface area contributed by atoms with Gasteiger partial charge in [0.2, 0.25) is 5.60 Å². The molecule has 0 bridgehead atoms. The Morgan fingerprint density at radius 3 is 2.58 bits per heavy atom. The summed E-state index contributed by atoms with van der Waals surface area (Å²) in [5.74, 6) is -1.32. The molecule has 0 spiro atoms. The van der Waals surface area contributed by atoms with Crippen LogP contribution in [0, 0.1) is 0 Å². The predicted molar refractivity (Wildman–Crippen MR) is 146 cm³/mol. The van der Waals surface area contributed by atoms with Gasteiger partial charge in [-0.1, -0.05) is 40.8 Å². The fraction of sp³-hybridized carbons (Fsp3) is 0.429. The van der Waals surface area contributed by atoms with Crippen LogP contribution >= 0.6 is 0 Å². The van der Waals surface area contributed by atoms with Crippen LogP contribution < -0.4 is 16.5 Å². The smallest absolute Gasteiger partial charge is 0.355 e. The van der Waals surface area contributed by atoms with Gasteiger partial charge in [0.25, 0.3) is 5.56 Å². The molecular formula is C28H33N3O6Si. The maximum Gasteiger partial charge on any atom is 0.355 e. The second kappa shape index (κ2) is 8.50. The number of nitrogens with zero attached hydrogens (tertiary/aromatic N) is 2. The number of benzene rings is 1. The molecule has 0 aliphatic carbocycles. The van der Waals surface area contributed by atoms with Crippen molar-refractivity contribution in [3.05, 3.63) is 51.3 Å². The van der Waals surface area contributed by atoms with Gasteiger partial charge in [-0.3, -0.25) is 9.59 Å². The van der Waals surface area contributed by atoms with Crippen molar-refractivity contribution in [1.29, 1.82) is 0 Å². The highest BCUT2D eigenvalue weighted by Crippen LogP contribution is 2.43. The van der Waals surface area contributed by atoms with Gasteiger partial charge in [0.15, 0.2) is 0 Å². The van der Waals surface area contributed by atoms with Gasteiger partial charge >= 0.3 is 11.9 Å². The third-order valence-electron chi connectivity index (χ3n) is 8.59. The van der Waals surface area contributed by atoms with Crippen LogP contribution in [0.2, 0.25) is 18.1 Å². The summed E-state index contributed by atoms with van der Waals surface area (Å²) in [5, 5.41) is 12.4. The van der Waals surface area contributed by atoms with Crippen LogP contribution in [-0.2, 0) is 37.8 Å². The zero-order valence-corrected chi connectivity index (χ0v) is 23.6. The molecule has 1 unspecified atom stereocenters. The molecule has 3 N–H and O–H groups in total. The molecule has 1 aromatic carbocycles. The topological polar surface area (TPSA) is 134 Å². The fourth-order valence-electron chi connectivity index (χ4n) is 5.55. The zero-order valence-electron chi connectivity index (χ0n) is 22.6. The molecule has 2 aromatic heterocycles. The number of carbonyl (C=O) groups is 2. The van der Waals surface area contributed by atoms with Crippen LogP contribution in [0.25, 0.3) is 22.3 Å². The number of esters is 2. The molecular weight excluding hydrogens is 502 g/mol. The number of cyclic esters (lactones) is 1. The molecule has 10 heteroatoms. The molecule has 2 aliphatic heterocycles. The second-order valence-corrected chi connectivity index (χ2v) is 16.9. The molecule has 2 aliphatic rings. The maximum absolute atomic E-state index is 13.9. The zero-order chi connectivity index (χ0) is 27.8. The summed E-state index contributed by atoms with van der Waals surface area (Å²) < 4.78 is 12.6. The van der Waals surface area contributed by atoms with E-state index >= 15 is 0 Å². The molecule has 0 radical (unpaired) electrons. The average molecular weight is 536 g/mol. The maximum atomic E-state index is 13.9. The minimum Gasteiger partial charge on any atom is -0.508 e. The summed E-state index contributed by atoms with van der Waals surface area (Å²) >= 11 is 0. The van der Waals surface area contributed by atoms with Crippen molar-refractivity contribution in [3.8, 4) is 17.1 Å². The van der Waals surface area contributed by atoms with Gasteiger partial charge in [-0.2, -0.15) is 0 Å². The molecule has 4 heterocycles. The standard InChI is InChI=1S/C28H33N3O6Si/c1-7-28(37-22(33)12-29)19-11-21-23-17(13-31(21)25(34)18(19)14-36-26(28)35)24(38(5,6)27(2,3)4)16-10-15(32)8-9-20(16)30-23/h8-11,32H,7,12-14,29H2,1-6H3. The summed E-state index contributed by atoms with van der Waals surface area (Å²) in [6.07, 6.45) is 0.0833. The van der Waals surface area contributed by atoms with Crippen molar-refractivity contribution in [2.24, 2.45) is 5.73 Å². The third kappa shape index (κ3) is 3.54. The van der Waals surface area contributed by atoms with Crippen molar-refractivity contribution in [2.75, 3.05) is 6.54 Å². The first-order valence-corrected chi connectivity index (χ1v) is 15.8. The highest BCUT2D eigenvalue weighted by molar-refractivity contribution is 6.94. The minimum atomic E-state index is -2.21. The van der Waals surface area contributed by atoms with Crippen LogP contribution in [0.15, 0.2) is 29.1 Å². The summed E-state index contributed by atoms with van der Waals surface area (Å²) in [7, 11) is -2.21. The first kappa shape index (κ1) is 26.1. The molecule has 200 valence electrons. The summed E-state index contributed by atoms with van der Waals surface area (Å²) in [6.45, 7) is 12.7. The van der Waals surface area contributed by atoms with Gasteiger partial charge in [0.05, 0.1) is 43.6 Å². The van der Waals surface area contributed by atoms with Crippen molar-refractivity contribution < 1.29 is 24.2 Å². The normalized spacial score (nSPS) is 18.6. The van der Waals surface area contributed by atoms with Gasteiger partial charge in [0, 0.05) is 10.9 Å². The number of aromatic hydroxyl groups is 1. The number of hydrogen-bond acceptors (Lipinski definition) is 8. The van der Waals surface area contributed by atoms with Crippen molar-refractivity contribution >= 4 is 36.1 Å². The fourth-order valence-corrected chi connectivity index (χ4v) is 8.13. The third-order valence-corrected chi connectivity index (χ3v) is 14.2. The number of nitrogens with two attached hydrogens (primary N) is 1. The molecule has 5 rings (SSSR count). The van der Waals surface area contributed by atoms with Crippen LogP contribution in [0.1, 0.15) is 50.8 Å². The molecule has 0 saturated carbocycles. The highest BCUT2D eigenvalue weighted by atomic mass is 28.3. The Morgan fingerprint density at radius 2 is 1.95 bits per heavy atom. The SMILES string of the molecule is CCC1(OC(=O)CN)C(=O)OCc2c1cc1n(c2=O)Cc2c-1nc1ccc(O)cc1c2[Si](C)(C)C(C)(C)C. The summed E-state index contributed by atoms with van der Waals surface area (Å²) in [4.78, 5) is 44.2. The lowest BCUT2D eigenvalue weighted by Crippen LogP contribution is -2.51. The van der Waals surface area contributed by atoms with E-state index in [4.69, 9.17) is 20.2 Å². The van der Waals surface area contributed by atoms with E-state index in [0.29, 0.717) is 23.5 Å². The monoisotopic (exact) mass is 535 g/mol. The van der Waals surface area contributed by atoms with Crippen LogP contribution in [0.3, 0.4) is 0 Å². The Hall–Kier alpha value is -3.50. The van der Waals surface area contributed by atoms with E-state index < -0.39 is 32.2 Å². The quantitative estimate of drug-likeness (QED) is 0.301. The second-order valence-electron chi connectivity index (χ2n) is 11.6. The van der Waals surface area contributed by atoms with Gasteiger partial charge < -0.3 is 24.9 Å². The average Bonchev–Trinajstić information content (AvgIpc) is 3.21. The van der Waals surface area contributed by atoms with Crippen LogP contribution in [0.5, 0.6) is 5.75 Å². The number of hydrogen-bond donors (Lipinski definition) is 2. The molecule has 0 saturated heterocycles. The molecule has 0 amide bonds. The molecule has 9 nitrogen and oxygen atoms in total. The Kier molecular flexibility index (Phi) is 5.84. The highest BCUT2D eigenvalue weighted by Gasteiger charge is 2.51. The molecule has 1 atom stereocenters. The van der Waals surface area contributed by atoms with E-state index in [1.165, 1.54) is 0 Å². The van der Waals surface area contributed by atoms with E-state index in [2.05, 4.69) is 33.9 Å². The Balaban J connectivity index is 1.85. The number of rotatable bonds is 4. The lowest BCUT2D eigenvalue weighted by atomic mass is 9.85. The lowest BCUT2D eigenvalue weighted by molar-refractivity contribution is -0.188. The lowest BCUT2D eigenvalue weighted by Gasteiger charge is -2.39. The Bertz CT molecular complexity index is 1590. The first-order chi connectivity index (χ1) is 17.8. The van der Waals surface area contributed by atoms with Gasteiger partial charge in [-0.25, -0.2) is 9.78 Å². The van der Waals surface area contributed by atoms with E-state index in [1.54, 1.807) is 35.8 Å². The number of phenols is 1. The van der Waals surface area contributed by atoms with Crippen LogP contribution in [0.4, 0.5) is 0 Å². The Labute approximate surface area is 221 Å².